The molecule has 0 radical (unpaired) electrons. The van der Waals surface area contributed by atoms with Gasteiger partial charge >= 0.3 is 0 Å². The van der Waals surface area contributed by atoms with Crippen LogP contribution in [0.4, 0.5) is 5.69 Å². The summed E-state index contributed by atoms with van der Waals surface area (Å²) in [6.45, 7) is 8.20. The van der Waals surface area contributed by atoms with Crippen LogP contribution < -0.4 is 5.32 Å². The molecule has 0 bridgehead atoms. The van der Waals surface area contributed by atoms with Crippen LogP contribution in [0, 0.1) is 12.3 Å². The minimum atomic E-state index is 0.547. The van der Waals surface area contributed by atoms with Gasteiger partial charge in [-0.1, -0.05) is 6.58 Å². The fourth-order valence-corrected chi connectivity index (χ4v) is 1.53. The number of pyridine rings is 1. The second-order valence-corrected chi connectivity index (χ2v) is 3.31. The van der Waals surface area contributed by atoms with Crippen molar-refractivity contribution in [3.63, 3.8) is 0 Å². The van der Waals surface area contributed by atoms with Crippen LogP contribution in [-0.2, 0) is 4.74 Å². The third-order valence-corrected chi connectivity index (χ3v) is 2.37. The molecule has 4 nitrogen and oxygen atoms in total. The molecule has 0 saturated heterocycles. The Morgan fingerprint density at radius 1 is 1.69 bits per heavy atom. The summed E-state index contributed by atoms with van der Waals surface area (Å²) >= 11 is 0. The Hall–Kier alpha value is -1.84. The van der Waals surface area contributed by atoms with Gasteiger partial charge in [-0.2, -0.15) is 0 Å². The van der Waals surface area contributed by atoms with E-state index in [-0.39, 0.29) is 0 Å². The largest absolute Gasteiger partial charge is 0.492 e. The fraction of sp³-hybridized carbons (Fsp3) is 0.333. The fourth-order valence-electron chi connectivity index (χ4n) is 1.53. The third-order valence-electron chi connectivity index (χ3n) is 2.37. The van der Waals surface area contributed by atoms with E-state index in [2.05, 4.69) is 16.9 Å². The van der Waals surface area contributed by atoms with Crippen LogP contribution >= 0.6 is 0 Å². The molecular formula is C12H17N3O. The van der Waals surface area contributed by atoms with E-state index in [1.165, 1.54) is 6.21 Å². The van der Waals surface area contributed by atoms with Gasteiger partial charge in [0.1, 0.15) is 11.5 Å². The molecule has 0 aliphatic rings. The average Bonchev–Trinajstić information content (AvgIpc) is 2.28. The molecular weight excluding hydrogens is 202 g/mol. The van der Waals surface area contributed by atoms with Crippen LogP contribution in [0.2, 0.25) is 0 Å². The van der Waals surface area contributed by atoms with E-state index in [9.17, 15) is 0 Å². The van der Waals surface area contributed by atoms with Crippen molar-refractivity contribution in [2.75, 3.05) is 19.0 Å². The molecule has 0 aliphatic heterocycles. The first kappa shape index (κ1) is 12.2. The maximum Gasteiger partial charge on any atom is 0.138 e. The van der Waals surface area contributed by atoms with E-state index in [1.807, 2.05) is 13.8 Å². The van der Waals surface area contributed by atoms with Crippen LogP contribution in [-0.4, -0.2) is 24.9 Å². The van der Waals surface area contributed by atoms with Crippen LogP contribution in [0.1, 0.15) is 23.7 Å². The standard InChI is InChI=1S/C12H17N3O/c1-5-16-9(3)12-8(2)10(6-13)11(14-4)7-15-12/h6-7,13-14H,3,5H2,1-2,4H3. The van der Waals surface area contributed by atoms with Crippen LogP contribution in [0.3, 0.4) is 0 Å². The molecule has 1 aromatic rings. The summed E-state index contributed by atoms with van der Waals surface area (Å²) in [5.41, 5.74) is 3.26. The first-order valence-corrected chi connectivity index (χ1v) is 5.15. The van der Waals surface area contributed by atoms with Gasteiger partial charge in [0.2, 0.25) is 0 Å². The lowest BCUT2D eigenvalue weighted by Gasteiger charge is -2.13. The van der Waals surface area contributed by atoms with Crippen molar-refractivity contribution in [1.29, 1.82) is 5.41 Å². The highest BCUT2D eigenvalue weighted by Crippen LogP contribution is 2.23. The van der Waals surface area contributed by atoms with Crippen LogP contribution in [0.15, 0.2) is 12.8 Å². The van der Waals surface area contributed by atoms with Gasteiger partial charge in [-0.15, -0.1) is 0 Å². The Kier molecular flexibility index (Phi) is 4.05. The number of nitrogens with zero attached hydrogens (tertiary/aromatic N) is 1. The highest BCUT2D eigenvalue weighted by Gasteiger charge is 2.11. The average molecular weight is 219 g/mol. The van der Waals surface area contributed by atoms with Crippen molar-refractivity contribution in [2.24, 2.45) is 0 Å². The molecule has 2 N–H and O–H groups in total. The molecule has 1 aromatic heterocycles. The molecule has 0 unspecified atom stereocenters. The summed E-state index contributed by atoms with van der Waals surface area (Å²) in [5, 5.41) is 10.4. The van der Waals surface area contributed by atoms with Gasteiger partial charge < -0.3 is 15.5 Å². The molecule has 0 spiro atoms. The summed E-state index contributed by atoms with van der Waals surface area (Å²) < 4.78 is 5.33. The first-order valence-electron chi connectivity index (χ1n) is 5.15. The zero-order valence-corrected chi connectivity index (χ0v) is 9.92. The van der Waals surface area contributed by atoms with Crippen molar-refractivity contribution < 1.29 is 4.74 Å². The van der Waals surface area contributed by atoms with Gasteiger partial charge in [0, 0.05) is 18.8 Å². The number of hydrogen-bond donors (Lipinski definition) is 2. The first-order chi connectivity index (χ1) is 7.65. The highest BCUT2D eigenvalue weighted by molar-refractivity contribution is 5.89. The normalized spacial score (nSPS) is 9.69. The monoisotopic (exact) mass is 219 g/mol. The predicted molar refractivity (Wildman–Crippen MR) is 67.1 cm³/mol. The molecule has 0 aromatic carbocycles. The maximum absolute atomic E-state index is 7.41. The van der Waals surface area contributed by atoms with Crippen molar-refractivity contribution in [3.05, 3.63) is 29.6 Å². The molecule has 0 saturated carbocycles. The van der Waals surface area contributed by atoms with E-state index in [4.69, 9.17) is 10.1 Å². The summed E-state index contributed by atoms with van der Waals surface area (Å²) in [6, 6.07) is 0. The van der Waals surface area contributed by atoms with Crippen LogP contribution in [0.5, 0.6) is 0 Å². The molecule has 0 amide bonds. The van der Waals surface area contributed by atoms with Gasteiger partial charge in [0.15, 0.2) is 0 Å². The maximum atomic E-state index is 7.41. The van der Waals surface area contributed by atoms with Gasteiger partial charge in [-0.25, -0.2) is 0 Å². The molecule has 4 heteroatoms. The van der Waals surface area contributed by atoms with Crippen molar-refractivity contribution >= 4 is 17.7 Å². The Morgan fingerprint density at radius 2 is 2.38 bits per heavy atom. The molecule has 1 heterocycles. The number of hydrogen-bond acceptors (Lipinski definition) is 4. The van der Waals surface area contributed by atoms with Crippen molar-refractivity contribution in [3.8, 4) is 0 Å². The molecule has 1 rings (SSSR count). The Bertz CT molecular complexity index is 413. The Labute approximate surface area is 95.9 Å². The number of nitrogens with one attached hydrogen (secondary N) is 2. The van der Waals surface area contributed by atoms with Gasteiger partial charge in [0.25, 0.3) is 0 Å². The van der Waals surface area contributed by atoms with E-state index in [0.717, 1.165) is 16.8 Å². The third kappa shape index (κ3) is 2.21. The lowest BCUT2D eigenvalue weighted by atomic mass is 10.1. The lowest BCUT2D eigenvalue weighted by molar-refractivity contribution is 0.297. The summed E-state index contributed by atoms with van der Waals surface area (Å²) in [5.74, 6) is 0.547. The van der Waals surface area contributed by atoms with Gasteiger partial charge in [-0.3, -0.25) is 4.98 Å². The molecule has 86 valence electrons. The van der Waals surface area contributed by atoms with Gasteiger partial charge in [-0.05, 0) is 19.4 Å². The molecule has 0 aliphatic carbocycles. The van der Waals surface area contributed by atoms with Crippen molar-refractivity contribution in [1.82, 2.24) is 4.98 Å². The van der Waals surface area contributed by atoms with E-state index in [0.29, 0.717) is 18.1 Å². The number of rotatable bonds is 5. The highest BCUT2D eigenvalue weighted by atomic mass is 16.5. The van der Waals surface area contributed by atoms with Crippen molar-refractivity contribution in [2.45, 2.75) is 13.8 Å². The topological polar surface area (TPSA) is 58.0 Å². The summed E-state index contributed by atoms with van der Waals surface area (Å²) in [7, 11) is 1.81. The van der Waals surface area contributed by atoms with E-state index in [1.54, 1.807) is 13.2 Å². The quantitative estimate of drug-likeness (QED) is 0.590. The molecule has 16 heavy (non-hydrogen) atoms. The number of ether oxygens (including phenoxy) is 1. The smallest absolute Gasteiger partial charge is 0.138 e. The van der Waals surface area contributed by atoms with Gasteiger partial charge in [0.05, 0.1) is 18.5 Å². The van der Waals surface area contributed by atoms with E-state index < -0.39 is 0 Å². The SMILES string of the molecule is C=C(OCC)c1ncc(NC)c(C=N)c1C. The molecule has 0 atom stereocenters. The van der Waals surface area contributed by atoms with E-state index >= 15 is 0 Å². The molecule has 0 fully saturated rings. The Balaban J connectivity index is 3.23. The predicted octanol–water partition coefficient (Wildman–Crippen LogP) is 2.44. The minimum absolute atomic E-state index is 0.547. The zero-order valence-electron chi connectivity index (χ0n) is 9.92. The lowest BCUT2D eigenvalue weighted by Crippen LogP contribution is -2.04. The number of anilines is 1. The second kappa shape index (κ2) is 5.30. The summed E-state index contributed by atoms with van der Waals surface area (Å²) in [4.78, 5) is 4.29. The minimum Gasteiger partial charge on any atom is -0.492 e. The number of aromatic nitrogens is 1. The summed E-state index contributed by atoms with van der Waals surface area (Å²) in [6.07, 6.45) is 3.00. The van der Waals surface area contributed by atoms with Crippen LogP contribution in [0.25, 0.3) is 5.76 Å². The zero-order chi connectivity index (χ0) is 12.1. The second-order valence-electron chi connectivity index (χ2n) is 3.31. The Morgan fingerprint density at radius 3 is 2.88 bits per heavy atom.